The van der Waals surface area contributed by atoms with Crippen molar-refractivity contribution in [2.75, 3.05) is 6.54 Å². The van der Waals surface area contributed by atoms with Crippen LogP contribution in [0.1, 0.15) is 103 Å². The summed E-state index contributed by atoms with van der Waals surface area (Å²) in [7, 11) is 0. The minimum Gasteiger partial charge on any atom is -0.316 e. The first-order valence-electron chi connectivity index (χ1n) is 9.89. The van der Waals surface area contributed by atoms with E-state index in [9.17, 15) is 0 Å². The zero-order chi connectivity index (χ0) is 14.8. The van der Waals surface area contributed by atoms with Crippen LogP contribution in [0.15, 0.2) is 0 Å². The number of hydrogen-bond acceptors (Lipinski definition) is 2. The summed E-state index contributed by atoms with van der Waals surface area (Å²) >= 11 is 0. The summed E-state index contributed by atoms with van der Waals surface area (Å²) in [6, 6.07) is 0.775. The molecule has 1 saturated heterocycles. The molecule has 0 bridgehead atoms. The molecule has 1 aliphatic carbocycles. The highest BCUT2D eigenvalue weighted by Crippen LogP contribution is 2.24. The number of nitrogens with two attached hydrogens (primary N) is 1. The third-order valence-electron chi connectivity index (χ3n) is 5.64. The van der Waals surface area contributed by atoms with Crippen molar-refractivity contribution in [2.45, 2.75) is 115 Å². The lowest BCUT2D eigenvalue weighted by Crippen LogP contribution is -2.48. The number of nitrogens with zero attached hydrogens (tertiary/aromatic N) is 1. The van der Waals surface area contributed by atoms with E-state index in [1.165, 1.54) is 109 Å². The molecule has 1 saturated carbocycles. The summed E-state index contributed by atoms with van der Waals surface area (Å²) < 4.78 is 0. The average molecular weight is 295 g/mol. The number of rotatable bonds is 1. The van der Waals surface area contributed by atoms with Crippen LogP contribution in [0.3, 0.4) is 0 Å². The number of hydrogen-bond donors (Lipinski definition) is 1. The van der Waals surface area contributed by atoms with Crippen LogP contribution in [0, 0.1) is 0 Å². The van der Waals surface area contributed by atoms with Crippen LogP contribution < -0.4 is 5.73 Å². The molecule has 2 aliphatic rings. The van der Waals surface area contributed by atoms with Gasteiger partial charge in [0.2, 0.25) is 0 Å². The molecule has 0 aromatic heterocycles. The van der Waals surface area contributed by atoms with Gasteiger partial charge in [0.1, 0.15) is 0 Å². The second-order valence-electron chi connectivity index (χ2n) is 7.42. The summed E-state index contributed by atoms with van der Waals surface area (Å²) in [5.74, 6) is 0. The molecule has 1 unspecified atom stereocenters. The molecular formula is C19H38N2. The van der Waals surface area contributed by atoms with Gasteiger partial charge in [0.15, 0.2) is 0 Å². The zero-order valence-corrected chi connectivity index (χ0v) is 14.2. The lowest BCUT2D eigenvalue weighted by Gasteiger charge is -2.37. The molecule has 0 aromatic carbocycles. The minimum absolute atomic E-state index is 0.330. The fourth-order valence-electron chi connectivity index (χ4n) is 4.26. The first-order chi connectivity index (χ1) is 10.4. The normalized spacial score (nSPS) is 29.9. The van der Waals surface area contributed by atoms with Crippen LogP contribution in [-0.4, -0.2) is 23.7 Å². The molecular weight excluding hydrogens is 256 g/mol. The highest BCUT2D eigenvalue weighted by molar-refractivity contribution is 4.78. The van der Waals surface area contributed by atoms with Crippen LogP contribution >= 0.6 is 0 Å². The summed E-state index contributed by atoms with van der Waals surface area (Å²) in [6.07, 6.45) is 22.8. The molecule has 2 N–H and O–H groups in total. The Morgan fingerprint density at radius 3 is 1.52 bits per heavy atom. The van der Waals surface area contributed by atoms with Gasteiger partial charge in [0.05, 0.1) is 6.17 Å². The highest BCUT2D eigenvalue weighted by atomic mass is 15.2. The van der Waals surface area contributed by atoms with Crippen LogP contribution in [-0.2, 0) is 0 Å². The fourth-order valence-corrected chi connectivity index (χ4v) is 4.26. The van der Waals surface area contributed by atoms with Gasteiger partial charge >= 0.3 is 0 Å². The molecule has 2 nitrogen and oxygen atoms in total. The first-order valence-corrected chi connectivity index (χ1v) is 9.89. The maximum Gasteiger partial charge on any atom is 0.0574 e. The average Bonchev–Trinajstić information content (AvgIpc) is 2.51. The smallest absolute Gasteiger partial charge is 0.0574 e. The monoisotopic (exact) mass is 294 g/mol. The molecule has 2 heteroatoms. The van der Waals surface area contributed by atoms with Crippen LogP contribution in [0.5, 0.6) is 0 Å². The summed E-state index contributed by atoms with van der Waals surface area (Å²) in [4.78, 5) is 2.72. The molecule has 0 amide bonds. The molecule has 0 radical (unpaired) electrons. The highest BCUT2D eigenvalue weighted by Gasteiger charge is 2.23. The Kier molecular flexibility index (Phi) is 8.73. The van der Waals surface area contributed by atoms with Gasteiger partial charge in [-0.2, -0.15) is 0 Å². The van der Waals surface area contributed by atoms with Crippen LogP contribution in [0.2, 0.25) is 0 Å². The Balaban J connectivity index is 1.90. The Hall–Kier alpha value is -0.0800. The molecule has 21 heavy (non-hydrogen) atoms. The van der Waals surface area contributed by atoms with E-state index in [4.69, 9.17) is 5.73 Å². The lowest BCUT2D eigenvalue weighted by molar-refractivity contribution is 0.104. The van der Waals surface area contributed by atoms with Crippen molar-refractivity contribution in [1.82, 2.24) is 4.90 Å². The van der Waals surface area contributed by atoms with Gasteiger partial charge in [-0.3, -0.25) is 4.90 Å². The van der Waals surface area contributed by atoms with E-state index in [0.717, 1.165) is 6.04 Å². The van der Waals surface area contributed by atoms with Crippen LogP contribution in [0.4, 0.5) is 0 Å². The molecule has 1 heterocycles. The van der Waals surface area contributed by atoms with E-state index in [-0.39, 0.29) is 0 Å². The Morgan fingerprint density at radius 2 is 0.952 bits per heavy atom. The van der Waals surface area contributed by atoms with E-state index in [1.807, 2.05) is 0 Å². The van der Waals surface area contributed by atoms with Crippen molar-refractivity contribution in [1.29, 1.82) is 0 Å². The molecule has 124 valence electrons. The quantitative estimate of drug-likeness (QED) is 0.719. The zero-order valence-electron chi connectivity index (χ0n) is 14.2. The van der Waals surface area contributed by atoms with Crippen molar-refractivity contribution in [2.24, 2.45) is 5.73 Å². The summed E-state index contributed by atoms with van der Waals surface area (Å²) in [5.41, 5.74) is 6.59. The van der Waals surface area contributed by atoms with E-state index < -0.39 is 0 Å². The third kappa shape index (κ3) is 6.69. The summed E-state index contributed by atoms with van der Waals surface area (Å²) in [6.45, 7) is 1.26. The van der Waals surface area contributed by atoms with Crippen molar-refractivity contribution >= 4 is 0 Å². The largest absolute Gasteiger partial charge is 0.316 e. The van der Waals surface area contributed by atoms with E-state index in [1.54, 1.807) is 0 Å². The van der Waals surface area contributed by atoms with E-state index >= 15 is 0 Å². The maximum absolute atomic E-state index is 6.59. The van der Waals surface area contributed by atoms with Gasteiger partial charge in [0.25, 0.3) is 0 Å². The van der Waals surface area contributed by atoms with Gasteiger partial charge in [0, 0.05) is 6.04 Å². The molecule has 2 fully saturated rings. The Labute approximate surface area is 132 Å². The van der Waals surface area contributed by atoms with Gasteiger partial charge in [-0.05, 0) is 32.2 Å². The predicted molar refractivity (Wildman–Crippen MR) is 92.3 cm³/mol. The van der Waals surface area contributed by atoms with Crippen molar-refractivity contribution < 1.29 is 0 Å². The predicted octanol–water partition coefficient (Wildman–Crippen LogP) is 5.21. The molecule has 0 aromatic rings. The van der Waals surface area contributed by atoms with Gasteiger partial charge in [-0.1, -0.05) is 77.0 Å². The standard InChI is InChI=1S/C19H38N2/c20-19-16-12-8-4-5-9-13-17-21(19)18-14-10-6-2-1-3-7-11-15-18/h18-19H,1-17,20H2. The molecule has 1 atom stereocenters. The minimum atomic E-state index is 0.330. The van der Waals surface area contributed by atoms with Gasteiger partial charge < -0.3 is 5.73 Å². The van der Waals surface area contributed by atoms with E-state index in [2.05, 4.69) is 4.90 Å². The lowest BCUT2D eigenvalue weighted by atomic mass is 9.95. The molecule has 0 spiro atoms. The second-order valence-corrected chi connectivity index (χ2v) is 7.42. The second kappa shape index (κ2) is 10.6. The van der Waals surface area contributed by atoms with Crippen LogP contribution in [0.25, 0.3) is 0 Å². The van der Waals surface area contributed by atoms with E-state index in [0.29, 0.717) is 6.17 Å². The Bertz CT molecular complexity index is 244. The van der Waals surface area contributed by atoms with Gasteiger partial charge in [-0.25, -0.2) is 0 Å². The van der Waals surface area contributed by atoms with Crippen molar-refractivity contribution in [3.8, 4) is 0 Å². The first kappa shape index (κ1) is 17.3. The maximum atomic E-state index is 6.59. The SMILES string of the molecule is NC1CCCCCCCCN1C1CCCCCCCCC1. The Morgan fingerprint density at radius 1 is 0.524 bits per heavy atom. The molecule has 1 aliphatic heterocycles. The summed E-state index contributed by atoms with van der Waals surface area (Å²) in [5, 5.41) is 0. The van der Waals surface area contributed by atoms with Crippen molar-refractivity contribution in [3.63, 3.8) is 0 Å². The fraction of sp³-hybridized carbons (Fsp3) is 1.00. The topological polar surface area (TPSA) is 29.3 Å². The van der Waals surface area contributed by atoms with Gasteiger partial charge in [-0.15, -0.1) is 0 Å². The third-order valence-corrected chi connectivity index (χ3v) is 5.64. The van der Waals surface area contributed by atoms with Crippen molar-refractivity contribution in [3.05, 3.63) is 0 Å². The molecule has 2 rings (SSSR count).